The molecule has 0 spiro atoms. The van der Waals surface area contributed by atoms with E-state index < -0.39 is 0 Å². The summed E-state index contributed by atoms with van der Waals surface area (Å²) >= 11 is 1.75. The Bertz CT molecular complexity index is 769. The zero-order valence-electron chi connectivity index (χ0n) is 13.8. The van der Waals surface area contributed by atoms with Crippen molar-refractivity contribution in [2.75, 3.05) is 25.2 Å². The number of aryl methyl sites for hydroxylation is 1. The van der Waals surface area contributed by atoms with Crippen molar-refractivity contribution in [2.45, 2.75) is 17.7 Å². The highest BCUT2D eigenvalue weighted by Crippen LogP contribution is 2.27. The van der Waals surface area contributed by atoms with Gasteiger partial charge in [0.1, 0.15) is 18.1 Å². The second kappa shape index (κ2) is 7.53. The van der Waals surface area contributed by atoms with Crippen molar-refractivity contribution in [3.8, 4) is 5.75 Å². The lowest BCUT2D eigenvalue weighted by molar-refractivity contribution is 0.100. The zero-order chi connectivity index (χ0) is 16.9. The van der Waals surface area contributed by atoms with E-state index in [0.29, 0.717) is 5.56 Å². The van der Waals surface area contributed by atoms with Gasteiger partial charge in [0.25, 0.3) is 0 Å². The molecule has 0 radical (unpaired) electrons. The van der Waals surface area contributed by atoms with E-state index in [-0.39, 0.29) is 12.3 Å². The fraction of sp³-hybridized carbons (Fsp3) is 0.263. The molecule has 0 fully saturated rings. The molecular weight excluding hydrogens is 320 g/mol. The van der Waals surface area contributed by atoms with Gasteiger partial charge in [-0.3, -0.25) is 9.79 Å². The summed E-state index contributed by atoms with van der Waals surface area (Å²) in [6.07, 6.45) is 3.86. The Labute approximate surface area is 146 Å². The molecule has 5 heteroatoms. The number of aliphatic imine (C=N–C) groups is 1. The van der Waals surface area contributed by atoms with Crippen LogP contribution in [0.2, 0.25) is 0 Å². The molecule has 1 N–H and O–H groups in total. The number of carbonyl (C=O) groups is 1. The summed E-state index contributed by atoms with van der Waals surface area (Å²) in [5.74, 6) is 1.63. The summed E-state index contributed by atoms with van der Waals surface area (Å²) in [5.41, 5.74) is 3.05. The topological polar surface area (TPSA) is 50.7 Å². The summed E-state index contributed by atoms with van der Waals surface area (Å²) in [7, 11) is 1.61. The van der Waals surface area contributed by atoms with Gasteiger partial charge >= 0.3 is 0 Å². The Kier molecular flexibility index (Phi) is 5.20. The lowest BCUT2D eigenvalue weighted by atomic mass is 10.0. The molecule has 0 saturated carbocycles. The molecule has 0 aliphatic carbocycles. The van der Waals surface area contributed by atoms with Crippen LogP contribution >= 0.6 is 11.8 Å². The van der Waals surface area contributed by atoms with Crippen LogP contribution in [0.15, 0.2) is 52.4 Å². The number of nitrogens with one attached hydrogen (secondary N) is 1. The van der Waals surface area contributed by atoms with E-state index in [1.54, 1.807) is 43.1 Å². The Hall–Kier alpha value is -2.27. The number of hydrogen-bond acceptors (Lipinski definition) is 4. The smallest absolute Gasteiger partial charge is 0.184 e. The molecule has 1 aliphatic heterocycles. The number of benzene rings is 2. The maximum atomic E-state index is 12.2. The molecule has 0 aromatic heterocycles. The van der Waals surface area contributed by atoms with Crippen LogP contribution in [0.1, 0.15) is 22.3 Å². The van der Waals surface area contributed by atoms with E-state index in [9.17, 15) is 4.79 Å². The highest BCUT2D eigenvalue weighted by atomic mass is 32.2. The van der Waals surface area contributed by atoms with Crippen LogP contribution in [0.25, 0.3) is 0 Å². The number of methoxy groups -OCH3 is 1. The summed E-state index contributed by atoms with van der Waals surface area (Å²) in [4.78, 5) is 18.0. The number of thioether (sulfide) groups is 1. The fourth-order valence-electron chi connectivity index (χ4n) is 2.65. The van der Waals surface area contributed by atoms with E-state index >= 15 is 0 Å². The highest BCUT2D eigenvalue weighted by molar-refractivity contribution is 7.98. The van der Waals surface area contributed by atoms with E-state index in [1.165, 1.54) is 10.5 Å². The molecule has 0 atom stereocenters. The molecule has 0 bridgehead atoms. The fourth-order valence-corrected chi connectivity index (χ4v) is 3.12. The van der Waals surface area contributed by atoms with Crippen LogP contribution in [0.5, 0.6) is 5.75 Å². The maximum absolute atomic E-state index is 12.2. The van der Waals surface area contributed by atoms with E-state index in [0.717, 1.165) is 30.1 Å². The van der Waals surface area contributed by atoms with Gasteiger partial charge < -0.3 is 10.1 Å². The summed E-state index contributed by atoms with van der Waals surface area (Å²) in [5, 5.41) is 3.34. The number of Topliss-reactive ketones (excluding diaryl/α,β-unsaturated/α-hetero) is 1. The van der Waals surface area contributed by atoms with Gasteiger partial charge in [0.2, 0.25) is 0 Å². The van der Waals surface area contributed by atoms with Crippen molar-refractivity contribution in [3.63, 3.8) is 0 Å². The second-order valence-corrected chi connectivity index (χ2v) is 6.44. The normalized spacial score (nSPS) is 14.8. The molecule has 1 aliphatic rings. The van der Waals surface area contributed by atoms with E-state index in [2.05, 4.69) is 34.8 Å². The molecule has 1 heterocycles. The van der Waals surface area contributed by atoms with Crippen molar-refractivity contribution in [2.24, 2.45) is 4.99 Å². The number of amidine groups is 1. The lowest BCUT2D eigenvalue weighted by Crippen LogP contribution is -2.21. The number of carbonyl (C=O) groups excluding carboxylic acids is 1. The van der Waals surface area contributed by atoms with Crippen LogP contribution < -0.4 is 10.1 Å². The molecule has 2 aromatic rings. The molecule has 124 valence electrons. The van der Waals surface area contributed by atoms with E-state index in [4.69, 9.17) is 4.74 Å². The monoisotopic (exact) mass is 340 g/mol. The minimum Gasteiger partial charge on any atom is -0.497 e. The minimum absolute atomic E-state index is 0.00970. The zero-order valence-corrected chi connectivity index (χ0v) is 14.7. The quantitative estimate of drug-likeness (QED) is 0.659. The van der Waals surface area contributed by atoms with E-state index in [1.807, 2.05) is 0 Å². The van der Waals surface area contributed by atoms with Gasteiger partial charge in [-0.25, -0.2) is 0 Å². The largest absolute Gasteiger partial charge is 0.497 e. The van der Waals surface area contributed by atoms with Crippen molar-refractivity contribution in [1.29, 1.82) is 0 Å². The number of fused-ring (bicyclic) bond motifs is 1. The van der Waals surface area contributed by atoms with Crippen LogP contribution in [0.4, 0.5) is 5.69 Å². The third-order valence-corrected chi connectivity index (χ3v) is 4.77. The Balaban J connectivity index is 1.65. The standard InChI is InChI=1S/C19H20N2O2S/c1-23-15-6-3-13(4-7-15)18(22)12-20-19-10-5-14-11-16(24-2)8-9-17(14)21-19/h3-4,6-9,11H,5,10,12H2,1-2H3,(H,20,21). The summed E-state index contributed by atoms with van der Waals surface area (Å²) < 4.78 is 5.10. The molecule has 2 aromatic carbocycles. The first-order chi connectivity index (χ1) is 11.7. The molecule has 0 unspecified atom stereocenters. The molecule has 24 heavy (non-hydrogen) atoms. The van der Waals surface area contributed by atoms with Crippen LogP contribution in [-0.2, 0) is 6.42 Å². The number of ketones is 1. The van der Waals surface area contributed by atoms with Crippen molar-refractivity contribution in [1.82, 2.24) is 0 Å². The minimum atomic E-state index is 0.00970. The van der Waals surface area contributed by atoms with Crippen LogP contribution in [-0.4, -0.2) is 31.5 Å². The number of nitrogens with zero attached hydrogens (tertiary/aromatic N) is 1. The maximum Gasteiger partial charge on any atom is 0.184 e. The van der Waals surface area contributed by atoms with Gasteiger partial charge in [0.15, 0.2) is 5.78 Å². The third kappa shape index (κ3) is 3.79. The van der Waals surface area contributed by atoms with Crippen molar-refractivity contribution >= 4 is 29.1 Å². The first-order valence-electron chi connectivity index (χ1n) is 7.84. The van der Waals surface area contributed by atoms with Crippen LogP contribution in [0, 0.1) is 0 Å². The SMILES string of the molecule is COc1ccc(C(=O)CN=C2CCc3cc(SC)ccc3N2)cc1. The molecular formula is C19H20N2O2S. The predicted molar refractivity (Wildman–Crippen MR) is 99.8 cm³/mol. The summed E-state index contributed by atoms with van der Waals surface area (Å²) in [6.45, 7) is 0.160. The Morgan fingerprint density at radius 2 is 2.00 bits per heavy atom. The number of ether oxygens (including phenoxy) is 1. The Morgan fingerprint density at radius 3 is 2.71 bits per heavy atom. The van der Waals surface area contributed by atoms with Gasteiger partial charge in [-0.1, -0.05) is 0 Å². The van der Waals surface area contributed by atoms with Gasteiger partial charge in [-0.2, -0.15) is 0 Å². The summed E-state index contributed by atoms with van der Waals surface area (Å²) in [6, 6.07) is 13.5. The highest BCUT2D eigenvalue weighted by Gasteiger charge is 2.14. The third-order valence-electron chi connectivity index (χ3n) is 4.05. The predicted octanol–water partition coefficient (Wildman–Crippen LogP) is 4.06. The molecule has 0 saturated heterocycles. The first kappa shape index (κ1) is 16.6. The van der Waals surface area contributed by atoms with Gasteiger partial charge in [-0.05, 0) is 60.7 Å². The first-order valence-corrected chi connectivity index (χ1v) is 9.06. The molecule has 0 amide bonds. The average Bonchev–Trinajstić information content (AvgIpc) is 2.65. The number of hydrogen-bond donors (Lipinski definition) is 1. The average molecular weight is 340 g/mol. The number of anilines is 1. The number of rotatable bonds is 5. The van der Waals surface area contributed by atoms with Crippen LogP contribution in [0.3, 0.4) is 0 Å². The lowest BCUT2D eigenvalue weighted by Gasteiger charge is -2.20. The van der Waals surface area contributed by atoms with Gasteiger partial charge in [0, 0.05) is 22.6 Å². The Morgan fingerprint density at radius 1 is 1.21 bits per heavy atom. The van der Waals surface area contributed by atoms with Crippen molar-refractivity contribution in [3.05, 3.63) is 53.6 Å². The molecule has 3 rings (SSSR count). The van der Waals surface area contributed by atoms with Gasteiger partial charge in [0.05, 0.1) is 7.11 Å². The van der Waals surface area contributed by atoms with Gasteiger partial charge in [-0.15, -0.1) is 11.8 Å². The van der Waals surface area contributed by atoms with Crippen molar-refractivity contribution < 1.29 is 9.53 Å². The molecule has 4 nitrogen and oxygen atoms in total. The second-order valence-electron chi connectivity index (χ2n) is 5.56.